The van der Waals surface area contributed by atoms with Gasteiger partial charge in [0.2, 0.25) is 5.91 Å². The average molecular weight is 285 g/mol. The highest BCUT2D eigenvalue weighted by Gasteiger charge is 2.27. The lowest BCUT2D eigenvalue weighted by atomic mass is 9.96. The Morgan fingerprint density at radius 1 is 1.35 bits per heavy atom. The number of hydrogen-bond acceptors (Lipinski definition) is 4. The van der Waals surface area contributed by atoms with Gasteiger partial charge in [0.25, 0.3) is 0 Å². The van der Waals surface area contributed by atoms with E-state index in [-0.39, 0.29) is 36.2 Å². The fraction of sp³-hybridized carbons (Fsp3) is 0.867. The van der Waals surface area contributed by atoms with E-state index in [1.807, 2.05) is 20.8 Å². The van der Waals surface area contributed by atoms with E-state index in [1.54, 1.807) is 4.90 Å². The highest BCUT2D eigenvalue weighted by molar-refractivity contribution is 5.79. The molecule has 1 aliphatic heterocycles. The smallest absolute Gasteiger partial charge is 0.307 e. The molecular formula is C15H27NO4. The second-order valence-corrected chi connectivity index (χ2v) is 5.78. The van der Waals surface area contributed by atoms with Crippen LogP contribution >= 0.6 is 0 Å². The van der Waals surface area contributed by atoms with E-state index in [9.17, 15) is 9.59 Å². The third-order valence-corrected chi connectivity index (χ3v) is 3.96. The molecule has 0 aromatic heterocycles. The molecule has 1 rings (SSSR count). The maximum Gasteiger partial charge on any atom is 0.307 e. The minimum absolute atomic E-state index is 0.0472. The van der Waals surface area contributed by atoms with Gasteiger partial charge in [-0.1, -0.05) is 20.8 Å². The van der Waals surface area contributed by atoms with Gasteiger partial charge in [0.15, 0.2) is 0 Å². The number of carbonyl (C=O) groups excluding carboxylic acids is 2. The van der Waals surface area contributed by atoms with E-state index in [0.29, 0.717) is 13.1 Å². The van der Waals surface area contributed by atoms with Crippen molar-refractivity contribution in [2.45, 2.75) is 46.1 Å². The van der Waals surface area contributed by atoms with Crippen LogP contribution in [-0.2, 0) is 19.1 Å². The molecule has 1 saturated heterocycles. The number of amides is 1. The molecule has 116 valence electrons. The molecule has 5 nitrogen and oxygen atoms in total. The zero-order chi connectivity index (χ0) is 15.1. The average Bonchev–Trinajstić information content (AvgIpc) is 2.94. The minimum atomic E-state index is -0.285. The summed E-state index contributed by atoms with van der Waals surface area (Å²) in [6.07, 6.45) is 2.37. The number of methoxy groups -OCH3 is 1. The summed E-state index contributed by atoms with van der Waals surface area (Å²) in [5, 5.41) is 0. The first-order valence-electron chi connectivity index (χ1n) is 7.43. The summed E-state index contributed by atoms with van der Waals surface area (Å²) in [7, 11) is 1.37. The summed E-state index contributed by atoms with van der Waals surface area (Å²) in [6.45, 7) is 7.76. The molecule has 2 atom stereocenters. The molecule has 5 heteroatoms. The monoisotopic (exact) mass is 285 g/mol. The first kappa shape index (κ1) is 17.0. The van der Waals surface area contributed by atoms with Crippen LogP contribution in [0.5, 0.6) is 0 Å². The molecule has 0 aromatic carbocycles. The van der Waals surface area contributed by atoms with Crippen LogP contribution < -0.4 is 0 Å². The van der Waals surface area contributed by atoms with Gasteiger partial charge in [-0.3, -0.25) is 9.59 Å². The Bertz CT molecular complexity index is 324. The van der Waals surface area contributed by atoms with Gasteiger partial charge in [-0.05, 0) is 18.8 Å². The van der Waals surface area contributed by atoms with E-state index in [4.69, 9.17) is 4.74 Å². The number of esters is 1. The molecule has 1 aliphatic rings. The predicted molar refractivity (Wildman–Crippen MR) is 76.2 cm³/mol. The minimum Gasteiger partial charge on any atom is -0.469 e. The number of carbonyl (C=O) groups is 2. The molecule has 1 amide bonds. The van der Waals surface area contributed by atoms with Gasteiger partial charge >= 0.3 is 5.97 Å². The number of hydrogen-bond donors (Lipinski definition) is 0. The van der Waals surface area contributed by atoms with E-state index >= 15 is 0 Å². The normalized spacial score (nSPS) is 19.9. The van der Waals surface area contributed by atoms with Crippen LogP contribution in [-0.4, -0.2) is 49.7 Å². The van der Waals surface area contributed by atoms with Gasteiger partial charge in [0.05, 0.1) is 19.6 Å². The van der Waals surface area contributed by atoms with Gasteiger partial charge in [0, 0.05) is 25.6 Å². The Morgan fingerprint density at radius 2 is 2.05 bits per heavy atom. The van der Waals surface area contributed by atoms with Crippen molar-refractivity contribution in [3.05, 3.63) is 0 Å². The van der Waals surface area contributed by atoms with Crippen molar-refractivity contribution in [3.63, 3.8) is 0 Å². The number of ether oxygens (including phenoxy) is 2. The molecule has 1 heterocycles. The lowest BCUT2D eigenvalue weighted by Gasteiger charge is -2.29. The standard InChI is InChI=1S/C15H27NO4/c1-11(2)12(3)15(18)16(8-7-14(17)19-4)10-13-6-5-9-20-13/h11-13H,5-10H2,1-4H3. The molecule has 2 unspecified atom stereocenters. The van der Waals surface area contributed by atoms with Gasteiger partial charge in [0.1, 0.15) is 0 Å². The fourth-order valence-corrected chi connectivity index (χ4v) is 2.23. The van der Waals surface area contributed by atoms with Crippen LogP contribution in [0.15, 0.2) is 0 Å². The highest BCUT2D eigenvalue weighted by Crippen LogP contribution is 2.18. The first-order valence-corrected chi connectivity index (χ1v) is 7.43. The number of rotatable bonds is 7. The summed E-state index contributed by atoms with van der Waals surface area (Å²) in [5.41, 5.74) is 0. The quantitative estimate of drug-likeness (QED) is 0.670. The summed E-state index contributed by atoms with van der Waals surface area (Å²) in [5.74, 6) is 0.0495. The van der Waals surface area contributed by atoms with E-state index in [2.05, 4.69) is 4.74 Å². The largest absolute Gasteiger partial charge is 0.469 e. The molecule has 0 radical (unpaired) electrons. The van der Waals surface area contributed by atoms with Crippen molar-refractivity contribution in [1.82, 2.24) is 4.90 Å². The Labute approximate surface area is 121 Å². The predicted octanol–water partition coefficient (Wildman–Crippen LogP) is 1.85. The molecule has 0 bridgehead atoms. The van der Waals surface area contributed by atoms with Crippen molar-refractivity contribution < 1.29 is 19.1 Å². The number of nitrogens with zero attached hydrogens (tertiary/aromatic N) is 1. The summed E-state index contributed by atoms with van der Waals surface area (Å²) in [6, 6.07) is 0. The van der Waals surface area contributed by atoms with Crippen LogP contribution in [0.2, 0.25) is 0 Å². The fourth-order valence-electron chi connectivity index (χ4n) is 2.23. The first-order chi connectivity index (χ1) is 9.45. The van der Waals surface area contributed by atoms with Gasteiger partial charge in [-0.15, -0.1) is 0 Å². The van der Waals surface area contributed by atoms with Crippen molar-refractivity contribution >= 4 is 11.9 Å². The SMILES string of the molecule is COC(=O)CCN(CC1CCCO1)C(=O)C(C)C(C)C. The maximum atomic E-state index is 12.5. The second kappa shape index (κ2) is 8.25. The highest BCUT2D eigenvalue weighted by atomic mass is 16.5. The summed E-state index contributed by atoms with van der Waals surface area (Å²) < 4.78 is 10.2. The van der Waals surface area contributed by atoms with Crippen molar-refractivity contribution in [2.24, 2.45) is 11.8 Å². The van der Waals surface area contributed by atoms with Gasteiger partial charge in [-0.25, -0.2) is 0 Å². The Hall–Kier alpha value is -1.10. The van der Waals surface area contributed by atoms with Gasteiger partial charge in [-0.2, -0.15) is 0 Å². The van der Waals surface area contributed by atoms with Crippen LogP contribution in [0.1, 0.15) is 40.0 Å². The van der Waals surface area contributed by atoms with Crippen molar-refractivity contribution in [3.8, 4) is 0 Å². The molecular weight excluding hydrogens is 258 g/mol. The summed E-state index contributed by atoms with van der Waals surface area (Å²) in [4.78, 5) is 25.5. The lowest BCUT2D eigenvalue weighted by Crippen LogP contribution is -2.42. The molecule has 0 N–H and O–H groups in total. The van der Waals surface area contributed by atoms with E-state index < -0.39 is 0 Å². The molecule has 1 fully saturated rings. The Morgan fingerprint density at radius 3 is 2.55 bits per heavy atom. The van der Waals surface area contributed by atoms with E-state index in [0.717, 1.165) is 19.4 Å². The van der Waals surface area contributed by atoms with Crippen LogP contribution in [0.3, 0.4) is 0 Å². The van der Waals surface area contributed by atoms with Crippen molar-refractivity contribution in [1.29, 1.82) is 0 Å². The third-order valence-electron chi connectivity index (χ3n) is 3.96. The molecule has 0 aromatic rings. The Kier molecular flexibility index (Phi) is 6.99. The molecule has 0 spiro atoms. The zero-order valence-corrected chi connectivity index (χ0v) is 13.1. The second-order valence-electron chi connectivity index (χ2n) is 5.78. The van der Waals surface area contributed by atoms with Crippen LogP contribution in [0.25, 0.3) is 0 Å². The van der Waals surface area contributed by atoms with Crippen molar-refractivity contribution in [2.75, 3.05) is 26.8 Å². The van der Waals surface area contributed by atoms with E-state index in [1.165, 1.54) is 7.11 Å². The van der Waals surface area contributed by atoms with Gasteiger partial charge < -0.3 is 14.4 Å². The topological polar surface area (TPSA) is 55.8 Å². The molecule has 0 saturated carbocycles. The maximum absolute atomic E-state index is 12.5. The third kappa shape index (κ3) is 5.12. The lowest BCUT2D eigenvalue weighted by molar-refractivity contribution is -0.143. The molecule has 20 heavy (non-hydrogen) atoms. The zero-order valence-electron chi connectivity index (χ0n) is 13.1. The summed E-state index contributed by atoms with van der Waals surface area (Å²) >= 11 is 0. The Balaban J connectivity index is 2.61. The molecule has 0 aliphatic carbocycles. The van der Waals surface area contributed by atoms with Crippen LogP contribution in [0.4, 0.5) is 0 Å². The van der Waals surface area contributed by atoms with Crippen LogP contribution in [0, 0.1) is 11.8 Å².